The van der Waals surface area contributed by atoms with Gasteiger partial charge in [-0.15, -0.1) is 11.3 Å². The van der Waals surface area contributed by atoms with Gasteiger partial charge in [-0.25, -0.2) is 4.98 Å². The van der Waals surface area contributed by atoms with Crippen molar-refractivity contribution < 1.29 is 13.9 Å². The van der Waals surface area contributed by atoms with Crippen molar-refractivity contribution in [2.75, 3.05) is 6.79 Å². The highest BCUT2D eigenvalue weighted by Gasteiger charge is 2.16. The van der Waals surface area contributed by atoms with Gasteiger partial charge in [0, 0.05) is 18.7 Å². The number of oxazole rings is 1. The van der Waals surface area contributed by atoms with Crippen molar-refractivity contribution in [2.24, 2.45) is 0 Å². The number of ether oxygens (including phenoxy) is 2. The van der Waals surface area contributed by atoms with Gasteiger partial charge in [0.05, 0.1) is 10.6 Å². The highest BCUT2D eigenvalue weighted by molar-refractivity contribution is 7.13. The monoisotopic (exact) mass is 314 g/mol. The fourth-order valence-electron chi connectivity index (χ4n) is 2.36. The van der Waals surface area contributed by atoms with E-state index < -0.39 is 0 Å². The van der Waals surface area contributed by atoms with E-state index in [1.165, 1.54) is 0 Å². The summed E-state index contributed by atoms with van der Waals surface area (Å²) in [6, 6.07) is 9.89. The standard InChI is InChI=1S/C16H14N2O3S/c1-3-11(15-13(4-1)20-10-21-15)7-17-8-12-9-19-16(18-12)14-5-2-6-22-14/h1-6,9,17H,7-8,10H2. The number of nitrogens with one attached hydrogen (secondary N) is 1. The molecule has 0 saturated heterocycles. The van der Waals surface area contributed by atoms with Gasteiger partial charge in [0.15, 0.2) is 11.5 Å². The molecule has 6 heteroatoms. The van der Waals surface area contributed by atoms with Crippen LogP contribution in [-0.2, 0) is 13.1 Å². The molecule has 1 aliphatic rings. The number of thiophene rings is 1. The first-order valence-corrected chi connectivity index (χ1v) is 7.84. The third-order valence-electron chi connectivity index (χ3n) is 3.38. The van der Waals surface area contributed by atoms with E-state index in [0.29, 0.717) is 25.8 Å². The number of fused-ring (bicyclic) bond motifs is 1. The van der Waals surface area contributed by atoms with Crippen molar-refractivity contribution in [1.29, 1.82) is 0 Å². The molecule has 0 unspecified atom stereocenters. The zero-order valence-electron chi connectivity index (χ0n) is 11.7. The first-order valence-electron chi connectivity index (χ1n) is 6.96. The van der Waals surface area contributed by atoms with Crippen LogP contribution >= 0.6 is 11.3 Å². The maximum atomic E-state index is 5.50. The van der Waals surface area contributed by atoms with Gasteiger partial charge in [-0.2, -0.15) is 0 Å². The van der Waals surface area contributed by atoms with E-state index in [2.05, 4.69) is 10.3 Å². The second-order valence-electron chi connectivity index (χ2n) is 4.88. The van der Waals surface area contributed by atoms with Gasteiger partial charge in [-0.05, 0) is 17.5 Å². The SMILES string of the molecule is c1csc(-c2nc(CNCc3cccc4c3OCO4)co2)c1. The predicted molar refractivity (Wildman–Crippen MR) is 82.9 cm³/mol. The molecule has 22 heavy (non-hydrogen) atoms. The minimum Gasteiger partial charge on any atom is -0.454 e. The lowest BCUT2D eigenvalue weighted by molar-refractivity contribution is 0.173. The molecule has 0 aliphatic carbocycles. The van der Waals surface area contributed by atoms with Crippen molar-refractivity contribution in [3.63, 3.8) is 0 Å². The van der Waals surface area contributed by atoms with E-state index in [1.807, 2.05) is 35.7 Å². The minimum atomic E-state index is 0.291. The molecule has 0 spiro atoms. The number of rotatable bonds is 5. The van der Waals surface area contributed by atoms with Crippen LogP contribution in [0.3, 0.4) is 0 Å². The van der Waals surface area contributed by atoms with Gasteiger partial charge in [0.25, 0.3) is 0 Å². The molecule has 4 rings (SSSR count). The maximum Gasteiger partial charge on any atom is 0.236 e. The van der Waals surface area contributed by atoms with Crippen LogP contribution in [0.25, 0.3) is 10.8 Å². The Hall–Kier alpha value is -2.31. The van der Waals surface area contributed by atoms with Crippen molar-refractivity contribution in [3.05, 3.63) is 53.2 Å². The second kappa shape index (κ2) is 5.82. The van der Waals surface area contributed by atoms with Crippen molar-refractivity contribution in [2.45, 2.75) is 13.1 Å². The number of hydrogen-bond donors (Lipinski definition) is 1. The molecule has 112 valence electrons. The zero-order chi connectivity index (χ0) is 14.8. The molecule has 1 N–H and O–H groups in total. The third-order valence-corrected chi connectivity index (χ3v) is 4.24. The van der Waals surface area contributed by atoms with E-state index in [0.717, 1.165) is 27.6 Å². The van der Waals surface area contributed by atoms with E-state index in [4.69, 9.17) is 13.9 Å². The molecule has 1 aliphatic heterocycles. The van der Waals surface area contributed by atoms with E-state index in [1.54, 1.807) is 17.6 Å². The fourth-order valence-corrected chi connectivity index (χ4v) is 3.01. The van der Waals surface area contributed by atoms with Crippen LogP contribution in [0.4, 0.5) is 0 Å². The largest absolute Gasteiger partial charge is 0.454 e. The number of nitrogens with zero attached hydrogens (tertiary/aromatic N) is 1. The number of benzene rings is 1. The first kappa shape index (κ1) is 13.4. The molecular formula is C16H14N2O3S. The topological polar surface area (TPSA) is 56.5 Å². The third kappa shape index (κ3) is 2.58. The quantitative estimate of drug-likeness (QED) is 0.782. The molecule has 1 aromatic carbocycles. The average molecular weight is 314 g/mol. The van der Waals surface area contributed by atoms with Crippen molar-refractivity contribution in [3.8, 4) is 22.3 Å². The Balaban J connectivity index is 1.39. The van der Waals surface area contributed by atoms with Gasteiger partial charge in [-0.3, -0.25) is 0 Å². The Bertz CT molecular complexity index is 768. The summed E-state index contributed by atoms with van der Waals surface area (Å²) in [6.07, 6.45) is 1.69. The van der Waals surface area contributed by atoms with Gasteiger partial charge < -0.3 is 19.2 Å². The van der Waals surface area contributed by atoms with Gasteiger partial charge in [-0.1, -0.05) is 18.2 Å². The van der Waals surface area contributed by atoms with Crippen molar-refractivity contribution in [1.82, 2.24) is 10.3 Å². The number of aromatic nitrogens is 1. The summed E-state index contributed by atoms with van der Waals surface area (Å²) < 4.78 is 16.4. The summed E-state index contributed by atoms with van der Waals surface area (Å²) in [4.78, 5) is 5.52. The van der Waals surface area contributed by atoms with Crippen LogP contribution in [0.5, 0.6) is 11.5 Å². The van der Waals surface area contributed by atoms with Crippen LogP contribution in [0.15, 0.2) is 46.4 Å². The predicted octanol–water partition coefficient (Wildman–Crippen LogP) is 3.42. The number of para-hydroxylation sites is 1. The Labute approximate surface area is 131 Å². The van der Waals surface area contributed by atoms with E-state index in [-0.39, 0.29) is 0 Å². The van der Waals surface area contributed by atoms with Crippen LogP contribution in [-0.4, -0.2) is 11.8 Å². The molecule has 0 saturated carbocycles. The van der Waals surface area contributed by atoms with Crippen LogP contribution in [0, 0.1) is 0 Å². The van der Waals surface area contributed by atoms with Gasteiger partial charge >= 0.3 is 0 Å². The summed E-state index contributed by atoms with van der Waals surface area (Å²) in [6.45, 7) is 1.62. The van der Waals surface area contributed by atoms with Gasteiger partial charge in [0.1, 0.15) is 6.26 Å². The molecule has 0 atom stereocenters. The summed E-state index contributed by atoms with van der Waals surface area (Å²) >= 11 is 1.62. The fraction of sp³-hybridized carbons (Fsp3) is 0.188. The first-order chi connectivity index (χ1) is 10.9. The average Bonchev–Trinajstić information content (AvgIpc) is 3.28. The summed E-state index contributed by atoms with van der Waals surface area (Å²) in [5.74, 6) is 2.30. The number of hydrogen-bond acceptors (Lipinski definition) is 6. The smallest absolute Gasteiger partial charge is 0.236 e. The molecule has 0 fully saturated rings. The highest BCUT2D eigenvalue weighted by Crippen LogP contribution is 2.35. The Morgan fingerprint density at radius 3 is 3.05 bits per heavy atom. The van der Waals surface area contributed by atoms with Crippen LogP contribution < -0.4 is 14.8 Å². The summed E-state index contributed by atoms with van der Waals surface area (Å²) in [5, 5.41) is 5.36. The van der Waals surface area contributed by atoms with Crippen LogP contribution in [0.1, 0.15) is 11.3 Å². The molecule has 3 aromatic rings. The van der Waals surface area contributed by atoms with Crippen molar-refractivity contribution >= 4 is 11.3 Å². The second-order valence-corrected chi connectivity index (χ2v) is 5.82. The zero-order valence-corrected chi connectivity index (χ0v) is 12.6. The summed E-state index contributed by atoms with van der Waals surface area (Å²) in [7, 11) is 0. The lowest BCUT2D eigenvalue weighted by atomic mass is 10.2. The molecule has 5 nitrogen and oxygen atoms in total. The summed E-state index contributed by atoms with van der Waals surface area (Å²) in [5.41, 5.74) is 1.96. The molecule has 0 bridgehead atoms. The Morgan fingerprint density at radius 1 is 1.14 bits per heavy atom. The molecule has 0 amide bonds. The van der Waals surface area contributed by atoms with Gasteiger partial charge in [0.2, 0.25) is 12.7 Å². The Morgan fingerprint density at radius 2 is 2.14 bits per heavy atom. The molecule has 2 aromatic heterocycles. The van der Waals surface area contributed by atoms with E-state index >= 15 is 0 Å². The minimum absolute atomic E-state index is 0.291. The molecule has 0 radical (unpaired) electrons. The lowest BCUT2D eigenvalue weighted by Crippen LogP contribution is -2.13. The van der Waals surface area contributed by atoms with E-state index in [9.17, 15) is 0 Å². The van der Waals surface area contributed by atoms with Crippen LogP contribution in [0.2, 0.25) is 0 Å². The lowest BCUT2D eigenvalue weighted by Gasteiger charge is -2.06. The maximum absolute atomic E-state index is 5.50. The molecule has 3 heterocycles. The Kier molecular flexibility index (Phi) is 3.54. The highest BCUT2D eigenvalue weighted by atomic mass is 32.1. The molecular weight excluding hydrogens is 300 g/mol. The normalized spacial score (nSPS) is 12.7.